The van der Waals surface area contributed by atoms with Crippen LogP contribution in [0.2, 0.25) is 0 Å². The highest BCUT2D eigenvalue weighted by Crippen LogP contribution is 2.35. The number of rotatable bonds is 9. The molecule has 0 bridgehead atoms. The highest BCUT2D eigenvalue weighted by molar-refractivity contribution is 5.95. The summed E-state index contributed by atoms with van der Waals surface area (Å²) in [7, 11) is 1.66. The van der Waals surface area contributed by atoms with E-state index in [1.54, 1.807) is 7.11 Å². The summed E-state index contributed by atoms with van der Waals surface area (Å²) in [4.78, 5) is 0. The highest BCUT2D eigenvalue weighted by Gasteiger charge is 2.18. The maximum absolute atomic E-state index is 9.84. The van der Waals surface area contributed by atoms with E-state index in [0.717, 1.165) is 53.2 Å². The van der Waals surface area contributed by atoms with Gasteiger partial charge in [-0.05, 0) is 55.3 Å². The average Bonchev–Trinajstić information content (AvgIpc) is 3.06. The summed E-state index contributed by atoms with van der Waals surface area (Å²) in [5, 5.41) is 10.8. The molecular formula is C24H28N2O2. The minimum absolute atomic E-state index is 0.702. The first-order valence-electron chi connectivity index (χ1n) is 10.1. The number of benzene rings is 2. The largest absolute Gasteiger partial charge is 0.497 e. The molecule has 1 aromatic heterocycles. The van der Waals surface area contributed by atoms with Crippen LogP contribution >= 0.6 is 0 Å². The molecule has 0 spiro atoms. The Kier molecular flexibility index (Phi) is 6.60. The maximum atomic E-state index is 9.84. The van der Waals surface area contributed by atoms with Gasteiger partial charge in [-0.15, -0.1) is 0 Å². The van der Waals surface area contributed by atoms with Crippen LogP contribution in [0.1, 0.15) is 45.1 Å². The zero-order valence-corrected chi connectivity index (χ0v) is 17.0. The van der Waals surface area contributed by atoms with Gasteiger partial charge in [0.25, 0.3) is 0 Å². The van der Waals surface area contributed by atoms with Crippen LogP contribution in [-0.2, 0) is 6.54 Å². The molecular weight excluding hydrogens is 348 g/mol. The fourth-order valence-corrected chi connectivity index (χ4v) is 3.63. The molecule has 0 radical (unpaired) electrons. The third kappa shape index (κ3) is 3.99. The van der Waals surface area contributed by atoms with Gasteiger partial charge >= 0.3 is 0 Å². The van der Waals surface area contributed by atoms with Gasteiger partial charge in [0.15, 0.2) is 0 Å². The predicted molar refractivity (Wildman–Crippen MR) is 114 cm³/mol. The van der Waals surface area contributed by atoms with E-state index in [4.69, 9.17) is 9.47 Å². The van der Waals surface area contributed by atoms with Gasteiger partial charge in [0.2, 0.25) is 0 Å². The van der Waals surface area contributed by atoms with Gasteiger partial charge in [0, 0.05) is 18.0 Å². The lowest BCUT2D eigenvalue weighted by molar-refractivity contribution is 0.305. The van der Waals surface area contributed by atoms with E-state index in [0.29, 0.717) is 5.56 Å². The number of hydrogen-bond acceptors (Lipinski definition) is 3. The number of aryl methyl sites for hydroxylation is 1. The zero-order valence-electron chi connectivity index (χ0n) is 17.0. The molecule has 0 aliphatic rings. The Bertz CT molecular complexity index is 965. The Hall–Kier alpha value is -2.93. The first-order chi connectivity index (χ1) is 13.7. The molecule has 1 heterocycles. The van der Waals surface area contributed by atoms with Crippen molar-refractivity contribution in [1.82, 2.24) is 4.57 Å². The second kappa shape index (κ2) is 9.32. The van der Waals surface area contributed by atoms with Crippen LogP contribution in [-0.4, -0.2) is 18.3 Å². The molecule has 3 aromatic rings. The SMILES string of the molecule is CCCCCCOc1ccc(-c2c(C#N)c3ccc(OC)cc3n2CC)cc1. The number of nitriles is 1. The lowest BCUT2D eigenvalue weighted by Gasteiger charge is -2.11. The molecule has 0 amide bonds. The standard InChI is InChI=1S/C24H28N2O2/c1-4-6-7-8-15-28-19-11-9-18(10-12-19)24-22(17-25)21-14-13-20(27-3)16-23(21)26(24)5-2/h9-14,16H,4-8,15H2,1-3H3. The van der Waals surface area contributed by atoms with Crippen LogP contribution in [0.25, 0.3) is 22.2 Å². The molecule has 2 aromatic carbocycles. The minimum atomic E-state index is 0.702. The Morgan fingerprint density at radius 2 is 1.71 bits per heavy atom. The molecule has 4 nitrogen and oxygen atoms in total. The molecule has 0 saturated heterocycles. The molecule has 3 rings (SSSR count). The fourth-order valence-electron chi connectivity index (χ4n) is 3.63. The number of methoxy groups -OCH3 is 1. The fraction of sp³-hybridized carbons (Fsp3) is 0.375. The van der Waals surface area contributed by atoms with Crippen molar-refractivity contribution in [3.8, 4) is 28.8 Å². The van der Waals surface area contributed by atoms with Crippen LogP contribution in [0.3, 0.4) is 0 Å². The molecule has 0 atom stereocenters. The number of nitrogens with zero attached hydrogens (tertiary/aromatic N) is 2. The monoisotopic (exact) mass is 376 g/mol. The Labute approximate surface area is 167 Å². The molecule has 0 N–H and O–H groups in total. The van der Waals surface area contributed by atoms with Crippen molar-refractivity contribution in [2.75, 3.05) is 13.7 Å². The lowest BCUT2D eigenvalue weighted by atomic mass is 10.1. The number of fused-ring (bicyclic) bond motifs is 1. The Morgan fingerprint density at radius 1 is 0.964 bits per heavy atom. The van der Waals surface area contributed by atoms with E-state index in [9.17, 15) is 5.26 Å². The van der Waals surface area contributed by atoms with E-state index in [-0.39, 0.29) is 0 Å². The molecule has 4 heteroatoms. The third-order valence-corrected chi connectivity index (χ3v) is 5.09. The van der Waals surface area contributed by atoms with Crippen LogP contribution in [0, 0.1) is 11.3 Å². The van der Waals surface area contributed by atoms with Gasteiger partial charge < -0.3 is 14.0 Å². The number of unbranched alkanes of at least 4 members (excludes halogenated alkanes) is 3. The van der Waals surface area contributed by atoms with Crippen LogP contribution < -0.4 is 9.47 Å². The predicted octanol–water partition coefficient (Wildman–Crippen LogP) is 6.17. The van der Waals surface area contributed by atoms with E-state index >= 15 is 0 Å². The van der Waals surface area contributed by atoms with E-state index in [2.05, 4.69) is 24.5 Å². The van der Waals surface area contributed by atoms with E-state index in [1.807, 2.05) is 42.5 Å². The van der Waals surface area contributed by atoms with Crippen molar-refractivity contribution in [3.63, 3.8) is 0 Å². The normalized spacial score (nSPS) is 10.8. The van der Waals surface area contributed by atoms with Crippen LogP contribution in [0.15, 0.2) is 42.5 Å². The number of hydrogen-bond donors (Lipinski definition) is 0. The third-order valence-electron chi connectivity index (χ3n) is 5.09. The van der Waals surface area contributed by atoms with Crippen molar-refractivity contribution in [3.05, 3.63) is 48.0 Å². The molecule has 0 unspecified atom stereocenters. The van der Waals surface area contributed by atoms with Crippen molar-refractivity contribution in [1.29, 1.82) is 5.26 Å². The van der Waals surface area contributed by atoms with Crippen molar-refractivity contribution in [2.45, 2.75) is 46.1 Å². The van der Waals surface area contributed by atoms with E-state index in [1.165, 1.54) is 19.3 Å². The zero-order chi connectivity index (χ0) is 19.9. The smallest absolute Gasteiger partial charge is 0.120 e. The molecule has 0 aliphatic carbocycles. The molecule has 28 heavy (non-hydrogen) atoms. The second-order valence-corrected chi connectivity index (χ2v) is 6.90. The Balaban J connectivity index is 1.91. The summed E-state index contributed by atoms with van der Waals surface area (Å²) < 4.78 is 13.4. The first-order valence-corrected chi connectivity index (χ1v) is 10.1. The van der Waals surface area contributed by atoms with Crippen molar-refractivity contribution in [2.24, 2.45) is 0 Å². The van der Waals surface area contributed by atoms with Gasteiger partial charge in [-0.2, -0.15) is 5.26 Å². The van der Waals surface area contributed by atoms with Gasteiger partial charge in [-0.3, -0.25) is 0 Å². The summed E-state index contributed by atoms with van der Waals surface area (Å²) in [5.74, 6) is 1.67. The van der Waals surface area contributed by atoms with Gasteiger partial charge in [0.1, 0.15) is 17.6 Å². The average molecular weight is 377 g/mol. The minimum Gasteiger partial charge on any atom is -0.497 e. The second-order valence-electron chi connectivity index (χ2n) is 6.90. The number of aromatic nitrogens is 1. The molecule has 146 valence electrons. The number of ether oxygens (including phenoxy) is 2. The summed E-state index contributed by atoms with van der Waals surface area (Å²) in [6, 6.07) is 16.3. The highest BCUT2D eigenvalue weighted by atomic mass is 16.5. The topological polar surface area (TPSA) is 47.2 Å². The van der Waals surface area contributed by atoms with E-state index < -0.39 is 0 Å². The molecule has 0 fully saturated rings. The lowest BCUT2D eigenvalue weighted by Crippen LogP contribution is -1.99. The molecule has 0 aliphatic heterocycles. The maximum Gasteiger partial charge on any atom is 0.120 e. The van der Waals surface area contributed by atoms with Crippen molar-refractivity contribution >= 4 is 10.9 Å². The van der Waals surface area contributed by atoms with Gasteiger partial charge in [0.05, 0.1) is 30.5 Å². The van der Waals surface area contributed by atoms with Crippen LogP contribution in [0.4, 0.5) is 0 Å². The van der Waals surface area contributed by atoms with Crippen LogP contribution in [0.5, 0.6) is 11.5 Å². The Morgan fingerprint density at radius 3 is 2.36 bits per heavy atom. The summed E-state index contributed by atoms with van der Waals surface area (Å²) >= 11 is 0. The van der Waals surface area contributed by atoms with Gasteiger partial charge in [-0.25, -0.2) is 0 Å². The summed E-state index contributed by atoms with van der Waals surface area (Å²) in [6.45, 7) is 5.83. The molecule has 0 saturated carbocycles. The van der Waals surface area contributed by atoms with Crippen molar-refractivity contribution < 1.29 is 9.47 Å². The summed E-state index contributed by atoms with van der Waals surface area (Å²) in [5.41, 5.74) is 3.69. The van der Waals surface area contributed by atoms with Gasteiger partial charge in [-0.1, -0.05) is 26.2 Å². The first kappa shape index (κ1) is 19.8. The quantitative estimate of drug-likeness (QED) is 0.420. The summed E-state index contributed by atoms with van der Waals surface area (Å²) in [6.07, 6.45) is 4.78.